The highest BCUT2D eigenvalue weighted by Gasteiger charge is 2.20. The van der Waals surface area contributed by atoms with Gasteiger partial charge in [0.25, 0.3) is 5.91 Å². The third-order valence-electron chi connectivity index (χ3n) is 4.74. The number of pyridine rings is 1. The van der Waals surface area contributed by atoms with Gasteiger partial charge in [-0.15, -0.1) is 0 Å². The zero-order chi connectivity index (χ0) is 20.1. The number of hydrogen-bond acceptors (Lipinski definition) is 2. The molecule has 1 aromatic carbocycles. The van der Waals surface area contributed by atoms with Crippen LogP contribution < -0.4 is 5.32 Å². The van der Waals surface area contributed by atoms with E-state index in [-0.39, 0.29) is 11.7 Å². The van der Waals surface area contributed by atoms with E-state index in [0.29, 0.717) is 12.2 Å². The first-order chi connectivity index (χ1) is 14.2. The number of nitrogens with one attached hydrogen (secondary N) is 2. The van der Waals surface area contributed by atoms with Crippen LogP contribution in [0.15, 0.2) is 90.9 Å². The maximum Gasteiger partial charge on any atom is 0.268 e. The monoisotopic (exact) mass is 385 g/mol. The van der Waals surface area contributed by atoms with Crippen molar-refractivity contribution in [2.75, 3.05) is 6.54 Å². The maximum atomic E-state index is 13.4. The first-order valence-electron chi connectivity index (χ1n) is 9.40. The molecule has 2 N–H and O–H groups in total. The van der Waals surface area contributed by atoms with E-state index in [1.54, 1.807) is 30.7 Å². The van der Waals surface area contributed by atoms with Crippen molar-refractivity contribution >= 4 is 5.91 Å². The van der Waals surface area contributed by atoms with E-state index in [9.17, 15) is 9.18 Å². The first-order valence-corrected chi connectivity index (χ1v) is 9.40. The molecule has 0 spiro atoms. The third-order valence-corrected chi connectivity index (χ3v) is 4.74. The lowest BCUT2D eigenvalue weighted by molar-refractivity contribution is 0.0953. The van der Waals surface area contributed by atoms with Gasteiger partial charge in [-0.05, 0) is 47.4 Å². The summed E-state index contributed by atoms with van der Waals surface area (Å²) in [6.45, 7) is 0.431. The number of amides is 1. The number of allylic oxidation sites excluding steroid dienone is 4. The number of H-pyrrole nitrogens is 1. The fourth-order valence-electron chi connectivity index (χ4n) is 3.29. The molecule has 0 saturated heterocycles. The molecular weight excluding hydrogens is 365 g/mol. The number of nitrogens with zero attached hydrogens (tertiary/aromatic N) is 1. The van der Waals surface area contributed by atoms with Gasteiger partial charge in [0.1, 0.15) is 11.5 Å². The van der Waals surface area contributed by atoms with Crippen molar-refractivity contribution < 1.29 is 9.18 Å². The molecule has 1 amide bonds. The van der Waals surface area contributed by atoms with Crippen molar-refractivity contribution in [3.63, 3.8) is 0 Å². The quantitative estimate of drug-likeness (QED) is 0.645. The third kappa shape index (κ3) is 4.24. The minimum atomic E-state index is -0.300. The summed E-state index contributed by atoms with van der Waals surface area (Å²) in [5.74, 6) is -0.501. The van der Waals surface area contributed by atoms with Crippen LogP contribution in [0.1, 0.15) is 16.9 Å². The van der Waals surface area contributed by atoms with Gasteiger partial charge in [-0.2, -0.15) is 0 Å². The summed E-state index contributed by atoms with van der Waals surface area (Å²) in [5, 5.41) is 2.98. The normalized spacial score (nSPS) is 13.1. The summed E-state index contributed by atoms with van der Waals surface area (Å²) in [7, 11) is 0. The average molecular weight is 385 g/mol. The van der Waals surface area contributed by atoms with Crippen molar-refractivity contribution in [2.24, 2.45) is 0 Å². The zero-order valence-corrected chi connectivity index (χ0v) is 15.7. The van der Waals surface area contributed by atoms with Gasteiger partial charge in [-0.3, -0.25) is 9.78 Å². The number of carbonyl (C=O) groups is 1. The SMILES string of the molecule is O=C(NCC1=CC=CCC=C1)c1[nH]cc(-c2ccc(F)cc2)c1-c1ccncc1. The molecule has 2 heterocycles. The Balaban J connectivity index is 1.68. The zero-order valence-electron chi connectivity index (χ0n) is 15.7. The van der Waals surface area contributed by atoms with Crippen LogP contribution in [0.3, 0.4) is 0 Å². The molecule has 29 heavy (non-hydrogen) atoms. The van der Waals surface area contributed by atoms with Gasteiger partial charge in [-0.1, -0.05) is 42.5 Å². The van der Waals surface area contributed by atoms with E-state index >= 15 is 0 Å². The molecule has 0 fully saturated rings. The summed E-state index contributed by atoms with van der Waals surface area (Å²) < 4.78 is 13.4. The van der Waals surface area contributed by atoms with E-state index in [2.05, 4.69) is 27.4 Å². The fraction of sp³-hybridized carbons (Fsp3) is 0.0833. The molecule has 1 aliphatic rings. The molecule has 0 atom stereocenters. The smallest absolute Gasteiger partial charge is 0.268 e. The lowest BCUT2D eigenvalue weighted by Crippen LogP contribution is -2.26. The number of aromatic amines is 1. The highest BCUT2D eigenvalue weighted by atomic mass is 19.1. The van der Waals surface area contributed by atoms with Crippen LogP contribution in [0, 0.1) is 5.82 Å². The van der Waals surface area contributed by atoms with Gasteiger partial charge in [0.2, 0.25) is 0 Å². The molecule has 0 bridgehead atoms. The van der Waals surface area contributed by atoms with E-state index in [0.717, 1.165) is 34.2 Å². The molecule has 4 nitrogen and oxygen atoms in total. The first kappa shape index (κ1) is 18.6. The second-order valence-electron chi connectivity index (χ2n) is 6.69. The molecule has 3 aromatic rings. The molecule has 0 unspecified atom stereocenters. The Morgan fingerprint density at radius 3 is 2.66 bits per heavy atom. The van der Waals surface area contributed by atoms with Crippen LogP contribution in [-0.4, -0.2) is 22.4 Å². The standard InChI is InChI=1S/C24H20FN3O/c25-20-9-7-18(8-10-20)21-16-27-23(22(21)19-11-13-26-14-12-19)24(29)28-15-17-5-3-1-2-4-6-17/h1,3-14,16,27H,2,15H2,(H,28,29). The van der Waals surface area contributed by atoms with Gasteiger partial charge in [0, 0.05) is 36.3 Å². The Bertz CT molecular complexity index is 1090. The number of hydrogen-bond donors (Lipinski definition) is 2. The molecule has 2 aromatic heterocycles. The highest BCUT2D eigenvalue weighted by molar-refractivity contribution is 6.03. The summed E-state index contributed by atoms with van der Waals surface area (Å²) in [6, 6.07) is 9.95. The summed E-state index contributed by atoms with van der Waals surface area (Å²) in [5.41, 5.74) is 4.78. The van der Waals surface area contributed by atoms with Crippen LogP contribution in [0.5, 0.6) is 0 Å². The van der Waals surface area contributed by atoms with Gasteiger partial charge >= 0.3 is 0 Å². The van der Waals surface area contributed by atoms with Crippen molar-refractivity contribution in [3.8, 4) is 22.3 Å². The molecule has 4 rings (SSSR count). The molecule has 0 aliphatic heterocycles. The minimum Gasteiger partial charge on any atom is -0.356 e. The van der Waals surface area contributed by atoms with Crippen LogP contribution in [0.4, 0.5) is 4.39 Å². The number of rotatable bonds is 5. The van der Waals surface area contributed by atoms with E-state index in [1.807, 2.05) is 30.4 Å². The van der Waals surface area contributed by atoms with Crippen LogP contribution in [0.2, 0.25) is 0 Å². The van der Waals surface area contributed by atoms with Gasteiger partial charge in [0.15, 0.2) is 0 Å². The van der Waals surface area contributed by atoms with Crippen molar-refractivity contribution in [1.82, 2.24) is 15.3 Å². The number of halogens is 1. The lowest BCUT2D eigenvalue weighted by Gasteiger charge is -2.09. The molecule has 1 aliphatic carbocycles. The predicted molar refractivity (Wildman–Crippen MR) is 113 cm³/mol. The molecule has 144 valence electrons. The number of benzene rings is 1. The second-order valence-corrected chi connectivity index (χ2v) is 6.69. The van der Waals surface area contributed by atoms with Gasteiger partial charge in [0.05, 0.1) is 0 Å². The second kappa shape index (κ2) is 8.52. The largest absolute Gasteiger partial charge is 0.356 e. The Hall–Kier alpha value is -3.73. The van der Waals surface area contributed by atoms with Crippen LogP contribution >= 0.6 is 0 Å². The van der Waals surface area contributed by atoms with Crippen LogP contribution in [0.25, 0.3) is 22.3 Å². The predicted octanol–water partition coefficient (Wildman–Crippen LogP) is 5.06. The van der Waals surface area contributed by atoms with Gasteiger partial charge in [-0.25, -0.2) is 4.39 Å². The van der Waals surface area contributed by atoms with E-state index < -0.39 is 0 Å². The van der Waals surface area contributed by atoms with Crippen molar-refractivity contribution in [3.05, 3.63) is 102 Å². The maximum absolute atomic E-state index is 13.4. The highest BCUT2D eigenvalue weighted by Crippen LogP contribution is 2.35. The molecule has 5 heteroatoms. The van der Waals surface area contributed by atoms with E-state index in [4.69, 9.17) is 0 Å². The lowest BCUT2D eigenvalue weighted by atomic mass is 9.97. The van der Waals surface area contributed by atoms with Crippen molar-refractivity contribution in [2.45, 2.75) is 6.42 Å². The average Bonchev–Trinajstić information content (AvgIpc) is 3.03. The van der Waals surface area contributed by atoms with Crippen LogP contribution in [-0.2, 0) is 0 Å². The Morgan fingerprint density at radius 2 is 1.86 bits per heavy atom. The van der Waals surface area contributed by atoms with Crippen molar-refractivity contribution in [1.29, 1.82) is 0 Å². The molecule has 0 radical (unpaired) electrons. The van der Waals surface area contributed by atoms with E-state index in [1.165, 1.54) is 12.1 Å². The summed E-state index contributed by atoms with van der Waals surface area (Å²) in [4.78, 5) is 20.2. The minimum absolute atomic E-state index is 0.201. The number of aromatic nitrogens is 2. The Kier molecular flexibility index (Phi) is 5.47. The Morgan fingerprint density at radius 1 is 1.07 bits per heavy atom. The molecule has 0 saturated carbocycles. The fourth-order valence-corrected chi connectivity index (χ4v) is 3.29. The summed E-state index contributed by atoms with van der Waals surface area (Å²) in [6.07, 6.45) is 16.2. The topological polar surface area (TPSA) is 57.8 Å². The summed E-state index contributed by atoms with van der Waals surface area (Å²) >= 11 is 0. The number of carbonyl (C=O) groups excluding carboxylic acids is 1. The molecular formula is C24H20FN3O. The van der Waals surface area contributed by atoms with Gasteiger partial charge < -0.3 is 10.3 Å². The Labute approximate surface area is 168 Å².